The zero-order valence-corrected chi connectivity index (χ0v) is 13.4. The lowest BCUT2D eigenvalue weighted by atomic mass is 10.1. The molecule has 0 bridgehead atoms. The highest BCUT2D eigenvalue weighted by atomic mass is 35.5. The van der Waals surface area contributed by atoms with E-state index in [2.05, 4.69) is 15.8 Å². The summed E-state index contributed by atoms with van der Waals surface area (Å²) >= 11 is 11.3. The van der Waals surface area contributed by atoms with Crippen LogP contribution in [0.2, 0.25) is 5.02 Å². The summed E-state index contributed by atoms with van der Waals surface area (Å²) in [6, 6.07) is 15.5. The minimum atomic E-state index is 0.427. The molecule has 0 aliphatic carbocycles. The molecule has 0 atom stereocenters. The molecular formula is C16H16ClN3S. The highest BCUT2D eigenvalue weighted by molar-refractivity contribution is 7.80. The van der Waals surface area contributed by atoms with E-state index in [9.17, 15) is 0 Å². The van der Waals surface area contributed by atoms with Crippen molar-refractivity contribution in [2.45, 2.75) is 13.8 Å². The summed E-state index contributed by atoms with van der Waals surface area (Å²) in [5, 5.41) is 8.49. The van der Waals surface area contributed by atoms with Gasteiger partial charge in [0.05, 0.1) is 5.71 Å². The SMILES string of the molecule is C/C(=N\NC(=S)Nc1cccc(Cl)c1C)c1ccccc1. The van der Waals surface area contributed by atoms with Gasteiger partial charge < -0.3 is 5.32 Å². The largest absolute Gasteiger partial charge is 0.331 e. The monoisotopic (exact) mass is 317 g/mol. The van der Waals surface area contributed by atoms with Crippen LogP contribution in [0.5, 0.6) is 0 Å². The molecule has 108 valence electrons. The number of nitrogens with zero attached hydrogens (tertiary/aromatic N) is 1. The van der Waals surface area contributed by atoms with Crippen molar-refractivity contribution in [2.75, 3.05) is 5.32 Å². The standard InChI is InChI=1S/C16H16ClN3S/c1-11-14(17)9-6-10-15(11)18-16(21)20-19-12(2)13-7-4-3-5-8-13/h3-10H,1-2H3,(H2,18,20,21)/b19-12+. The number of hydrogen-bond donors (Lipinski definition) is 2. The van der Waals surface area contributed by atoms with E-state index in [1.807, 2.05) is 62.4 Å². The number of benzene rings is 2. The normalized spacial score (nSPS) is 11.1. The van der Waals surface area contributed by atoms with Gasteiger partial charge in [-0.1, -0.05) is 48.0 Å². The van der Waals surface area contributed by atoms with Gasteiger partial charge in [0.15, 0.2) is 5.11 Å². The Hall–Kier alpha value is -1.91. The van der Waals surface area contributed by atoms with E-state index in [1.165, 1.54) is 0 Å². The van der Waals surface area contributed by atoms with E-state index in [0.29, 0.717) is 10.1 Å². The first-order valence-corrected chi connectivity index (χ1v) is 7.28. The maximum atomic E-state index is 6.07. The first kappa shape index (κ1) is 15.5. The molecule has 2 aromatic rings. The molecule has 5 heteroatoms. The van der Waals surface area contributed by atoms with E-state index in [4.69, 9.17) is 23.8 Å². The fraction of sp³-hybridized carbons (Fsp3) is 0.125. The average molecular weight is 318 g/mol. The zero-order chi connectivity index (χ0) is 15.2. The fourth-order valence-corrected chi connectivity index (χ4v) is 2.10. The van der Waals surface area contributed by atoms with E-state index in [0.717, 1.165) is 22.5 Å². The fourth-order valence-electron chi connectivity index (χ4n) is 1.77. The van der Waals surface area contributed by atoms with Crippen LogP contribution in [0.15, 0.2) is 53.6 Å². The lowest BCUT2D eigenvalue weighted by Crippen LogP contribution is -2.25. The Morgan fingerprint density at radius 2 is 1.81 bits per heavy atom. The van der Waals surface area contributed by atoms with Gasteiger partial charge in [-0.05, 0) is 49.3 Å². The van der Waals surface area contributed by atoms with Gasteiger partial charge in [0.2, 0.25) is 0 Å². The summed E-state index contributed by atoms with van der Waals surface area (Å²) in [5.41, 5.74) is 6.57. The first-order valence-electron chi connectivity index (χ1n) is 6.50. The third-order valence-corrected chi connectivity index (χ3v) is 3.64. The second kappa shape index (κ2) is 7.20. The predicted octanol–water partition coefficient (Wildman–Crippen LogP) is 4.36. The lowest BCUT2D eigenvalue weighted by Gasteiger charge is -2.11. The number of hydrogen-bond acceptors (Lipinski definition) is 2. The number of hydrazone groups is 1. The third kappa shape index (κ3) is 4.28. The number of thiocarbonyl (C=S) groups is 1. The summed E-state index contributed by atoms with van der Waals surface area (Å²) in [7, 11) is 0. The summed E-state index contributed by atoms with van der Waals surface area (Å²) in [6.45, 7) is 3.86. The van der Waals surface area contributed by atoms with E-state index in [-0.39, 0.29) is 0 Å². The van der Waals surface area contributed by atoms with Crippen molar-refractivity contribution in [2.24, 2.45) is 5.10 Å². The molecule has 0 aliphatic rings. The van der Waals surface area contributed by atoms with E-state index >= 15 is 0 Å². The second-order valence-corrected chi connectivity index (χ2v) is 5.36. The molecule has 3 nitrogen and oxygen atoms in total. The van der Waals surface area contributed by atoms with E-state index < -0.39 is 0 Å². The predicted molar refractivity (Wildman–Crippen MR) is 94.2 cm³/mol. The summed E-state index contributed by atoms with van der Waals surface area (Å²) in [4.78, 5) is 0. The number of nitrogens with one attached hydrogen (secondary N) is 2. The van der Waals surface area contributed by atoms with Gasteiger partial charge in [0.25, 0.3) is 0 Å². The van der Waals surface area contributed by atoms with Crippen LogP contribution in [0, 0.1) is 6.92 Å². The quantitative estimate of drug-likeness (QED) is 0.502. The van der Waals surface area contributed by atoms with Crippen molar-refractivity contribution in [1.82, 2.24) is 5.43 Å². The highest BCUT2D eigenvalue weighted by Gasteiger charge is 2.03. The van der Waals surface area contributed by atoms with Crippen LogP contribution in [-0.4, -0.2) is 10.8 Å². The van der Waals surface area contributed by atoms with Crippen LogP contribution < -0.4 is 10.7 Å². The minimum Gasteiger partial charge on any atom is -0.331 e. The van der Waals surface area contributed by atoms with Crippen LogP contribution in [0.1, 0.15) is 18.1 Å². The van der Waals surface area contributed by atoms with Crippen LogP contribution in [0.25, 0.3) is 0 Å². The topological polar surface area (TPSA) is 36.4 Å². The molecule has 0 amide bonds. The van der Waals surface area contributed by atoms with Crippen LogP contribution in [0.3, 0.4) is 0 Å². The van der Waals surface area contributed by atoms with Gasteiger partial charge >= 0.3 is 0 Å². The molecule has 0 aromatic heterocycles. The Balaban J connectivity index is 2.01. The van der Waals surface area contributed by atoms with Crippen molar-refractivity contribution in [3.05, 3.63) is 64.7 Å². The molecule has 0 heterocycles. The van der Waals surface area contributed by atoms with Gasteiger partial charge in [0, 0.05) is 10.7 Å². The number of anilines is 1. The molecule has 21 heavy (non-hydrogen) atoms. The Labute approximate surface area is 135 Å². The van der Waals surface area contributed by atoms with Crippen LogP contribution >= 0.6 is 23.8 Å². The summed E-state index contributed by atoms with van der Waals surface area (Å²) in [6.07, 6.45) is 0. The minimum absolute atomic E-state index is 0.427. The third-order valence-electron chi connectivity index (χ3n) is 3.03. The van der Waals surface area contributed by atoms with Crippen molar-refractivity contribution >= 4 is 40.3 Å². The molecule has 0 saturated heterocycles. The molecule has 0 unspecified atom stereocenters. The van der Waals surface area contributed by atoms with Crippen molar-refractivity contribution < 1.29 is 0 Å². The molecule has 2 rings (SSSR count). The lowest BCUT2D eigenvalue weighted by molar-refractivity contribution is 1.04. The molecule has 0 spiro atoms. The van der Waals surface area contributed by atoms with Gasteiger partial charge in [-0.3, -0.25) is 5.43 Å². The summed E-state index contributed by atoms with van der Waals surface area (Å²) in [5.74, 6) is 0. The van der Waals surface area contributed by atoms with Crippen LogP contribution in [0.4, 0.5) is 5.69 Å². The maximum Gasteiger partial charge on any atom is 0.191 e. The van der Waals surface area contributed by atoms with E-state index in [1.54, 1.807) is 0 Å². The van der Waals surface area contributed by atoms with Gasteiger partial charge in [-0.15, -0.1) is 0 Å². The smallest absolute Gasteiger partial charge is 0.191 e. The molecule has 2 N–H and O–H groups in total. The number of rotatable bonds is 3. The first-order chi connectivity index (χ1) is 10.1. The Morgan fingerprint density at radius 1 is 1.10 bits per heavy atom. The molecule has 2 aromatic carbocycles. The average Bonchev–Trinajstić information content (AvgIpc) is 2.50. The Morgan fingerprint density at radius 3 is 2.52 bits per heavy atom. The van der Waals surface area contributed by atoms with Gasteiger partial charge in [0.1, 0.15) is 0 Å². The van der Waals surface area contributed by atoms with Gasteiger partial charge in [-0.25, -0.2) is 0 Å². The molecule has 0 fully saturated rings. The van der Waals surface area contributed by atoms with Crippen molar-refractivity contribution in [3.8, 4) is 0 Å². The Bertz CT molecular complexity index is 668. The molecule has 0 aliphatic heterocycles. The zero-order valence-electron chi connectivity index (χ0n) is 11.9. The molecular weight excluding hydrogens is 302 g/mol. The number of halogens is 1. The van der Waals surface area contributed by atoms with Crippen LogP contribution in [-0.2, 0) is 0 Å². The Kier molecular flexibility index (Phi) is 5.31. The molecule has 0 saturated carbocycles. The van der Waals surface area contributed by atoms with Gasteiger partial charge in [-0.2, -0.15) is 5.10 Å². The second-order valence-electron chi connectivity index (χ2n) is 4.54. The highest BCUT2D eigenvalue weighted by Crippen LogP contribution is 2.22. The van der Waals surface area contributed by atoms with Crippen molar-refractivity contribution in [1.29, 1.82) is 0 Å². The maximum absolute atomic E-state index is 6.07. The van der Waals surface area contributed by atoms with Crippen molar-refractivity contribution in [3.63, 3.8) is 0 Å². The molecule has 0 radical (unpaired) electrons. The summed E-state index contributed by atoms with van der Waals surface area (Å²) < 4.78 is 0.